The molecule has 1 fully saturated rings. The first kappa shape index (κ1) is 15.1. The van der Waals surface area contributed by atoms with E-state index in [4.69, 9.17) is 0 Å². The van der Waals surface area contributed by atoms with E-state index in [-0.39, 0.29) is 23.1 Å². The van der Waals surface area contributed by atoms with E-state index >= 15 is 0 Å². The number of thioether (sulfide) groups is 1. The van der Waals surface area contributed by atoms with Gasteiger partial charge in [-0.25, -0.2) is 0 Å². The summed E-state index contributed by atoms with van der Waals surface area (Å²) in [5.74, 6) is 1.75. The van der Waals surface area contributed by atoms with Gasteiger partial charge in [-0.1, -0.05) is 12.1 Å². The summed E-state index contributed by atoms with van der Waals surface area (Å²) < 4.78 is 1.71. The van der Waals surface area contributed by atoms with E-state index < -0.39 is 0 Å². The molecule has 6 heteroatoms. The highest BCUT2D eigenvalue weighted by Crippen LogP contribution is 2.17. The number of nitrogens with one attached hydrogen (secondary N) is 1. The average molecular weight is 317 g/mol. The highest BCUT2D eigenvalue weighted by molar-refractivity contribution is 7.99. The maximum atomic E-state index is 12.5. The molecule has 1 aromatic heterocycles. The molecule has 0 saturated carbocycles. The summed E-state index contributed by atoms with van der Waals surface area (Å²) in [5, 5.41) is 7.78. The molecule has 1 saturated heterocycles. The van der Waals surface area contributed by atoms with Crippen LogP contribution in [-0.4, -0.2) is 33.2 Å². The summed E-state index contributed by atoms with van der Waals surface area (Å²) in [5.41, 5.74) is 0.474. The van der Waals surface area contributed by atoms with E-state index in [1.54, 1.807) is 10.7 Å². The van der Waals surface area contributed by atoms with Gasteiger partial charge < -0.3 is 5.32 Å². The smallest absolute Gasteiger partial charge is 0.276 e. The predicted molar refractivity (Wildman–Crippen MR) is 89.5 cm³/mol. The van der Waals surface area contributed by atoms with Crippen LogP contribution < -0.4 is 10.7 Å². The third-order valence-electron chi connectivity index (χ3n) is 3.93. The van der Waals surface area contributed by atoms with Crippen molar-refractivity contribution in [1.29, 1.82) is 0 Å². The topological polar surface area (TPSA) is 64.0 Å². The number of hydrogen-bond donors (Lipinski definition) is 1. The van der Waals surface area contributed by atoms with Crippen LogP contribution in [-0.2, 0) is 6.54 Å². The third-order valence-corrected chi connectivity index (χ3v) is 4.98. The first-order valence-electron chi connectivity index (χ1n) is 7.59. The molecule has 0 atom stereocenters. The van der Waals surface area contributed by atoms with Crippen molar-refractivity contribution in [2.75, 3.05) is 11.5 Å². The fourth-order valence-corrected chi connectivity index (χ4v) is 3.83. The van der Waals surface area contributed by atoms with Crippen LogP contribution in [0.5, 0.6) is 0 Å². The number of rotatable bonds is 3. The second-order valence-electron chi connectivity index (χ2n) is 5.37. The van der Waals surface area contributed by atoms with Gasteiger partial charge in [0, 0.05) is 18.0 Å². The minimum Gasteiger partial charge on any atom is -0.348 e. The van der Waals surface area contributed by atoms with Crippen molar-refractivity contribution in [3.8, 4) is 0 Å². The molecule has 1 N–H and O–H groups in total. The maximum absolute atomic E-state index is 12.5. The third kappa shape index (κ3) is 2.88. The summed E-state index contributed by atoms with van der Waals surface area (Å²) in [6.07, 6.45) is 1.90. The van der Waals surface area contributed by atoms with Crippen LogP contribution in [0.3, 0.4) is 0 Å². The minimum absolute atomic E-state index is 0.00113. The van der Waals surface area contributed by atoms with E-state index in [2.05, 4.69) is 10.4 Å². The molecule has 0 aliphatic carbocycles. The van der Waals surface area contributed by atoms with Crippen molar-refractivity contribution in [2.24, 2.45) is 0 Å². The molecular weight excluding hydrogens is 298 g/mol. The van der Waals surface area contributed by atoms with Crippen molar-refractivity contribution in [3.05, 3.63) is 40.2 Å². The Hall–Kier alpha value is -1.82. The van der Waals surface area contributed by atoms with Crippen LogP contribution >= 0.6 is 11.8 Å². The largest absolute Gasteiger partial charge is 0.348 e. The zero-order chi connectivity index (χ0) is 15.5. The van der Waals surface area contributed by atoms with Crippen LogP contribution in [0.1, 0.15) is 30.3 Å². The van der Waals surface area contributed by atoms with Crippen LogP contribution in [0, 0.1) is 0 Å². The Morgan fingerprint density at radius 2 is 2.09 bits per heavy atom. The summed E-state index contributed by atoms with van der Waals surface area (Å²) in [7, 11) is 0. The summed E-state index contributed by atoms with van der Waals surface area (Å²) in [6, 6.07) is 7.43. The number of carbonyl (C=O) groups is 1. The van der Waals surface area contributed by atoms with Gasteiger partial charge in [0.2, 0.25) is 5.43 Å². The monoisotopic (exact) mass is 317 g/mol. The fourth-order valence-electron chi connectivity index (χ4n) is 2.72. The van der Waals surface area contributed by atoms with Gasteiger partial charge >= 0.3 is 0 Å². The number of para-hydroxylation sites is 1. The molecule has 2 heterocycles. The number of nitrogens with zero attached hydrogens (tertiary/aromatic N) is 2. The molecule has 3 rings (SSSR count). The number of amides is 1. The molecule has 5 nitrogen and oxygen atoms in total. The fraction of sp³-hybridized carbons (Fsp3) is 0.438. The van der Waals surface area contributed by atoms with E-state index in [1.165, 1.54) is 0 Å². The van der Waals surface area contributed by atoms with Crippen molar-refractivity contribution < 1.29 is 4.79 Å². The lowest BCUT2D eigenvalue weighted by Crippen LogP contribution is -2.40. The van der Waals surface area contributed by atoms with Gasteiger partial charge in [0.05, 0.1) is 5.52 Å². The number of hydrogen-bond acceptors (Lipinski definition) is 4. The Kier molecular flexibility index (Phi) is 4.47. The maximum Gasteiger partial charge on any atom is 0.276 e. The molecule has 1 amide bonds. The number of benzene rings is 1. The normalized spacial score (nSPS) is 15.9. The van der Waals surface area contributed by atoms with E-state index in [0.717, 1.165) is 29.9 Å². The van der Waals surface area contributed by atoms with Gasteiger partial charge in [-0.2, -0.15) is 16.9 Å². The van der Waals surface area contributed by atoms with Crippen LogP contribution in [0.15, 0.2) is 29.1 Å². The van der Waals surface area contributed by atoms with E-state index in [9.17, 15) is 9.59 Å². The first-order valence-corrected chi connectivity index (χ1v) is 8.74. The lowest BCUT2D eigenvalue weighted by atomic mass is 10.1. The molecule has 2 aromatic rings. The summed E-state index contributed by atoms with van der Waals surface area (Å²) in [6.45, 7) is 2.56. The van der Waals surface area contributed by atoms with E-state index in [1.807, 2.05) is 36.9 Å². The lowest BCUT2D eigenvalue weighted by Gasteiger charge is -2.22. The molecule has 0 spiro atoms. The Morgan fingerprint density at radius 1 is 1.36 bits per heavy atom. The van der Waals surface area contributed by atoms with Gasteiger partial charge in [-0.15, -0.1) is 0 Å². The van der Waals surface area contributed by atoms with Crippen LogP contribution in [0.4, 0.5) is 0 Å². The molecule has 116 valence electrons. The molecule has 0 radical (unpaired) electrons. The standard InChI is InChI=1S/C16H19N3O2S/c1-2-19-13-6-4-3-5-12(13)15(20)14(18-19)16(21)17-11-7-9-22-10-8-11/h3-6,11H,2,7-10H2,1H3,(H,17,21). The Balaban J connectivity index is 1.97. The quantitative estimate of drug-likeness (QED) is 0.941. The zero-order valence-electron chi connectivity index (χ0n) is 12.5. The van der Waals surface area contributed by atoms with Gasteiger partial charge in [0.25, 0.3) is 5.91 Å². The molecule has 22 heavy (non-hydrogen) atoms. The van der Waals surface area contributed by atoms with Crippen molar-refractivity contribution in [2.45, 2.75) is 32.4 Å². The highest BCUT2D eigenvalue weighted by Gasteiger charge is 2.21. The van der Waals surface area contributed by atoms with Crippen molar-refractivity contribution in [3.63, 3.8) is 0 Å². The van der Waals surface area contributed by atoms with Gasteiger partial charge in [-0.05, 0) is 43.4 Å². The number of fused-ring (bicyclic) bond motifs is 1. The van der Waals surface area contributed by atoms with Crippen molar-refractivity contribution in [1.82, 2.24) is 15.1 Å². The van der Waals surface area contributed by atoms with Gasteiger partial charge in [0.1, 0.15) is 0 Å². The predicted octanol–water partition coefficient (Wildman–Crippen LogP) is 2.04. The Morgan fingerprint density at radius 3 is 2.82 bits per heavy atom. The molecule has 1 aliphatic rings. The second kappa shape index (κ2) is 6.52. The SMILES string of the molecule is CCn1nc(C(=O)NC2CCSCC2)c(=O)c2ccccc21. The van der Waals surface area contributed by atoms with Gasteiger partial charge in [-0.3, -0.25) is 14.3 Å². The number of carbonyl (C=O) groups excluding carboxylic acids is 1. The summed E-state index contributed by atoms with van der Waals surface area (Å²) >= 11 is 1.90. The molecule has 0 unspecified atom stereocenters. The highest BCUT2D eigenvalue weighted by atomic mass is 32.2. The minimum atomic E-state index is -0.352. The molecule has 1 aromatic carbocycles. The molecular formula is C16H19N3O2S. The number of aromatic nitrogens is 2. The Labute approximate surface area is 133 Å². The molecule has 0 bridgehead atoms. The van der Waals surface area contributed by atoms with Crippen molar-refractivity contribution >= 4 is 28.6 Å². The van der Waals surface area contributed by atoms with Crippen LogP contribution in [0.2, 0.25) is 0 Å². The van der Waals surface area contributed by atoms with Crippen LogP contribution in [0.25, 0.3) is 10.9 Å². The molecule has 1 aliphatic heterocycles. The first-order chi connectivity index (χ1) is 10.7. The van der Waals surface area contributed by atoms with Gasteiger partial charge in [0.15, 0.2) is 5.69 Å². The number of aryl methyl sites for hydroxylation is 1. The lowest BCUT2D eigenvalue weighted by molar-refractivity contribution is 0.0926. The second-order valence-corrected chi connectivity index (χ2v) is 6.60. The average Bonchev–Trinajstić information content (AvgIpc) is 2.56. The Bertz CT molecular complexity index is 751. The summed E-state index contributed by atoms with van der Waals surface area (Å²) in [4.78, 5) is 25.0. The van der Waals surface area contributed by atoms with E-state index in [0.29, 0.717) is 11.9 Å². The zero-order valence-corrected chi connectivity index (χ0v) is 13.4.